The highest BCUT2D eigenvalue weighted by Crippen LogP contribution is 2.33. The Hall–Kier alpha value is -5.59. The summed E-state index contributed by atoms with van der Waals surface area (Å²) in [4.78, 5) is 97.7. The summed E-state index contributed by atoms with van der Waals surface area (Å²) >= 11 is 5.22. The SMILES string of the molecule is CCC[C@H](NC(=O)c1ccc(CC[C@H]2CNc3nc(N)[nH]c(=O)c3S2)s1)C(=O)O.Nc1nc(N)c(SCCc2ccc(C(=O)N[C@@H](CCC(=O)O)C(=O)O)s2)c(=O)[nH]1. The highest BCUT2D eigenvalue weighted by Gasteiger charge is 2.25. The molecule has 0 spiro atoms. The lowest BCUT2D eigenvalue weighted by molar-refractivity contribution is -0.141. The molecule has 3 atom stereocenters. The number of carbonyl (C=O) groups excluding carboxylic acids is 2. The van der Waals surface area contributed by atoms with Gasteiger partial charge in [-0.3, -0.25) is 33.9 Å². The Bertz CT molecular complexity index is 2240. The van der Waals surface area contributed by atoms with Crippen LogP contribution in [0.5, 0.6) is 0 Å². The molecule has 0 radical (unpaired) electrons. The summed E-state index contributed by atoms with van der Waals surface area (Å²) in [7, 11) is 0. The largest absolute Gasteiger partial charge is 0.481 e. The molecule has 0 saturated carbocycles. The molecular weight excluding hydrogens is 837 g/mol. The first-order valence-corrected chi connectivity index (χ1v) is 21.1. The maximum absolute atomic E-state index is 12.3. The number of nitrogens with zero attached hydrogens (tertiary/aromatic N) is 2. The van der Waals surface area contributed by atoms with E-state index in [0.29, 0.717) is 52.0 Å². The summed E-state index contributed by atoms with van der Waals surface area (Å²) in [5, 5.41) is 35.2. The zero-order valence-corrected chi connectivity index (χ0v) is 34.1. The van der Waals surface area contributed by atoms with Crippen molar-refractivity contribution in [1.82, 2.24) is 30.6 Å². The van der Waals surface area contributed by atoms with Crippen LogP contribution in [0, 0.1) is 0 Å². The number of fused-ring (bicyclic) bond motifs is 1. The monoisotopic (exact) mass is 878 g/mol. The number of nitrogens with one attached hydrogen (secondary N) is 5. The van der Waals surface area contributed by atoms with Crippen molar-refractivity contribution < 1.29 is 39.3 Å². The number of aromatic amines is 2. The van der Waals surface area contributed by atoms with Gasteiger partial charge >= 0.3 is 17.9 Å². The van der Waals surface area contributed by atoms with Gasteiger partial charge in [-0.15, -0.1) is 46.2 Å². The van der Waals surface area contributed by atoms with Crippen molar-refractivity contribution in [3.63, 3.8) is 0 Å². The zero-order chi connectivity index (χ0) is 42.5. The molecule has 0 bridgehead atoms. The number of nitrogen functional groups attached to an aromatic ring is 3. The van der Waals surface area contributed by atoms with Crippen molar-refractivity contribution in [3.05, 3.63) is 64.5 Å². The fourth-order valence-electron chi connectivity index (χ4n) is 5.28. The van der Waals surface area contributed by atoms with Crippen molar-refractivity contribution in [2.75, 3.05) is 34.8 Å². The zero-order valence-electron chi connectivity index (χ0n) is 30.9. The fourth-order valence-corrected chi connectivity index (χ4v) is 9.27. The molecule has 58 heavy (non-hydrogen) atoms. The van der Waals surface area contributed by atoms with Crippen LogP contribution in [-0.4, -0.2) is 94.6 Å². The smallest absolute Gasteiger partial charge is 0.326 e. The minimum Gasteiger partial charge on any atom is -0.481 e. The van der Waals surface area contributed by atoms with E-state index in [1.165, 1.54) is 46.2 Å². The van der Waals surface area contributed by atoms with E-state index in [0.717, 1.165) is 22.6 Å². The number of thiophene rings is 2. The second-order valence-electron chi connectivity index (χ2n) is 12.5. The molecule has 4 aromatic rings. The number of rotatable bonds is 18. The van der Waals surface area contributed by atoms with Crippen LogP contribution >= 0.6 is 46.2 Å². The molecule has 0 aromatic carbocycles. The lowest BCUT2D eigenvalue weighted by atomic mass is 10.1. The minimum atomic E-state index is -1.30. The Morgan fingerprint density at radius 1 is 0.845 bits per heavy atom. The summed E-state index contributed by atoms with van der Waals surface area (Å²) in [5.74, 6) is -3.32. The molecular formula is C34H42N10O10S4. The van der Waals surface area contributed by atoms with Crippen molar-refractivity contribution in [2.45, 2.75) is 79.0 Å². The third kappa shape index (κ3) is 13.2. The van der Waals surface area contributed by atoms with Gasteiger partial charge in [0.15, 0.2) is 0 Å². The molecule has 14 N–H and O–H groups in total. The van der Waals surface area contributed by atoms with E-state index in [2.05, 4.69) is 35.9 Å². The highest BCUT2D eigenvalue weighted by atomic mass is 32.2. The van der Waals surface area contributed by atoms with Crippen LogP contribution in [0.25, 0.3) is 0 Å². The Morgan fingerprint density at radius 2 is 1.41 bits per heavy atom. The van der Waals surface area contributed by atoms with Crippen LogP contribution in [0.2, 0.25) is 0 Å². The standard InChI is InChI=1S/C18H23N5O4S2.C16H19N5O6S2/c1-2-3-11(17(26)27)21-15(24)12-7-6-9(28-12)4-5-10-8-20-14-13(29-10)16(25)23-18(19)22-14;17-12-11(14(25)21-16(18)20-12)28-6-5-7-1-3-9(29-7)13(24)19-8(15(26)27)2-4-10(22)23/h6-7,10-11H,2-5,8H2,1H3,(H,21,24)(H,26,27)(H4,19,20,22,23,25);1,3,8H,2,4-6H2,(H,19,24)(H,22,23)(H,26,27)(H5,17,18,20,21,25)/t10-,11-;8-/m00/s1. The number of aromatic nitrogens is 4. The lowest BCUT2D eigenvalue weighted by Crippen LogP contribution is -2.40. The topological polar surface area (TPSA) is 352 Å². The summed E-state index contributed by atoms with van der Waals surface area (Å²) in [6.07, 6.45) is 2.59. The maximum Gasteiger partial charge on any atom is 0.326 e. The molecule has 4 aromatic heterocycles. The molecule has 0 saturated heterocycles. The normalized spacial score (nSPS) is 14.1. The fraction of sp³-hybridized carbons (Fsp3) is 0.382. The van der Waals surface area contributed by atoms with Crippen LogP contribution < -0.4 is 44.3 Å². The number of aliphatic carboxylic acids is 3. The predicted octanol–water partition coefficient (Wildman–Crippen LogP) is 2.29. The quantitative estimate of drug-likeness (QED) is 0.0639. The van der Waals surface area contributed by atoms with Gasteiger partial charge in [0.2, 0.25) is 11.9 Å². The Labute approximate surface area is 346 Å². The van der Waals surface area contributed by atoms with Crippen molar-refractivity contribution >= 4 is 99.5 Å². The van der Waals surface area contributed by atoms with Crippen LogP contribution in [0.1, 0.15) is 68.1 Å². The number of hydrogen-bond donors (Lipinski definition) is 11. The number of amides is 2. The molecule has 0 unspecified atom stereocenters. The average Bonchev–Trinajstić information content (AvgIpc) is 3.84. The number of carboxylic acid groups (broad SMARTS) is 3. The minimum absolute atomic E-state index is 0.0450. The number of H-pyrrole nitrogens is 2. The van der Waals surface area contributed by atoms with Gasteiger partial charge in [-0.1, -0.05) is 13.3 Å². The number of anilines is 4. The first-order chi connectivity index (χ1) is 27.5. The van der Waals surface area contributed by atoms with Gasteiger partial charge < -0.3 is 48.5 Å². The van der Waals surface area contributed by atoms with Gasteiger partial charge in [-0.25, -0.2) is 9.59 Å². The van der Waals surface area contributed by atoms with Crippen molar-refractivity contribution in [2.24, 2.45) is 0 Å². The van der Waals surface area contributed by atoms with E-state index in [1.54, 1.807) is 18.2 Å². The van der Waals surface area contributed by atoms with Gasteiger partial charge in [-0.2, -0.15) is 9.97 Å². The van der Waals surface area contributed by atoms with Crippen LogP contribution in [0.4, 0.5) is 23.5 Å². The van der Waals surface area contributed by atoms with Gasteiger partial charge in [0.25, 0.3) is 22.9 Å². The lowest BCUT2D eigenvalue weighted by Gasteiger charge is -2.23. The van der Waals surface area contributed by atoms with Crippen LogP contribution in [0.3, 0.4) is 0 Å². The van der Waals surface area contributed by atoms with Gasteiger partial charge in [0.05, 0.1) is 9.75 Å². The average molecular weight is 879 g/mol. The molecule has 1 aliphatic rings. The van der Waals surface area contributed by atoms with Gasteiger partial charge in [-0.05, 0) is 56.4 Å². The van der Waals surface area contributed by atoms with Gasteiger partial charge in [0.1, 0.15) is 33.5 Å². The number of hydrogen-bond acceptors (Lipinski definition) is 17. The van der Waals surface area contributed by atoms with E-state index in [-0.39, 0.29) is 52.2 Å². The van der Waals surface area contributed by atoms with Crippen molar-refractivity contribution in [3.8, 4) is 0 Å². The summed E-state index contributed by atoms with van der Waals surface area (Å²) in [6, 6.07) is 4.73. The molecule has 0 fully saturated rings. The van der Waals surface area contributed by atoms with Crippen molar-refractivity contribution in [1.29, 1.82) is 0 Å². The molecule has 5 heterocycles. The highest BCUT2D eigenvalue weighted by molar-refractivity contribution is 8.00. The Kier molecular flexibility index (Phi) is 16.5. The molecule has 24 heteroatoms. The van der Waals surface area contributed by atoms with E-state index in [1.807, 2.05) is 13.0 Å². The molecule has 0 aliphatic carbocycles. The number of aryl methyl sites for hydroxylation is 2. The third-order valence-corrected chi connectivity index (χ3v) is 12.8. The number of nitrogens with two attached hydrogens (primary N) is 3. The van der Waals surface area contributed by atoms with E-state index in [4.69, 9.17) is 27.4 Å². The second-order valence-corrected chi connectivity index (χ2v) is 17.3. The van der Waals surface area contributed by atoms with Crippen LogP contribution in [0.15, 0.2) is 43.6 Å². The summed E-state index contributed by atoms with van der Waals surface area (Å²) in [6.45, 7) is 2.55. The first kappa shape index (κ1) is 45.1. The predicted molar refractivity (Wildman–Crippen MR) is 222 cm³/mol. The molecule has 20 nitrogen and oxygen atoms in total. The number of thioether (sulfide) groups is 2. The van der Waals surface area contributed by atoms with E-state index >= 15 is 0 Å². The molecule has 2 amide bonds. The summed E-state index contributed by atoms with van der Waals surface area (Å²) in [5.41, 5.74) is 16.0. The number of carbonyl (C=O) groups is 5. The second kappa shape index (κ2) is 21.2. The molecule has 312 valence electrons. The maximum atomic E-state index is 12.3. The Morgan fingerprint density at radius 3 is 1.98 bits per heavy atom. The van der Waals surface area contributed by atoms with E-state index < -0.39 is 41.5 Å². The summed E-state index contributed by atoms with van der Waals surface area (Å²) < 4.78 is 0. The number of carboxylic acids is 3. The molecule has 5 rings (SSSR count). The first-order valence-electron chi connectivity index (χ1n) is 17.6. The Balaban J connectivity index is 0.000000257. The third-order valence-electron chi connectivity index (χ3n) is 8.11. The molecule has 1 aliphatic heterocycles. The van der Waals surface area contributed by atoms with Gasteiger partial charge in [0, 0.05) is 33.7 Å². The van der Waals surface area contributed by atoms with E-state index in [9.17, 15) is 38.7 Å². The van der Waals surface area contributed by atoms with Crippen LogP contribution in [-0.2, 0) is 27.2 Å².